The summed E-state index contributed by atoms with van der Waals surface area (Å²) in [6.07, 6.45) is 0. The summed E-state index contributed by atoms with van der Waals surface area (Å²) in [7, 11) is 1.53. The third kappa shape index (κ3) is 1.82. The number of phenols is 1. The van der Waals surface area contributed by atoms with Crippen molar-refractivity contribution in [3.63, 3.8) is 0 Å². The Bertz CT molecular complexity index is 496. The van der Waals surface area contributed by atoms with Gasteiger partial charge >= 0.3 is 0 Å². The number of nitrogens with two attached hydrogens (primary N) is 1. The van der Waals surface area contributed by atoms with Crippen molar-refractivity contribution in [2.45, 2.75) is 6.54 Å². The van der Waals surface area contributed by atoms with Gasteiger partial charge in [0, 0.05) is 0 Å². The molecule has 0 aliphatic carbocycles. The van der Waals surface area contributed by atoms with Crippen molar-refractivity contribution < 1.29 is 14.4 Å². The second-order valence-electron chi connectivity index (χ2n) is 3.10. The molecule has 6 nitrogen and oxygen atoms in total. The minimum absolute atomic E-state index is 0.106. The minimum Gasteiger partial charge on any atom is -0.508 e. The number of hydrogen-bond acceptors (Lipinski definition) is 6. The SMILES string of the molecule is COc1ccc(O)cc1-c1noc(CN)n1. The normalized spacial score (nSPS) is 10.4. The zero-order valence-corrected chi connectivity index (χ0v) is 8.67. The lowest BCUT2D eigenvalue weighted by Gasteiger charge is -2.04. The molecule has 0 saturated carbocycles. The van der Waals surface area contributed by atoms with Crippen molar-refractivity contribution in [2.24, 2.45) is 5.73 Å². The molecule has 2 rings (SSSR count). The van der Waals surface area contributed by atoms with Crippen LogP contribution in [0.3, 0.4) is 0 Å². The lowest BCUT2D eigenvalue weighted by Crippen LogP contribution is -1.96. The van der Waals surface area contributed by atoms with E-state index in [-0.39, 0.29) is 12.3 Å². The zero-order valence-electron chi connectivity index (χ0n) is 8.67. The van der Waals surface area contributed by atoms with Gasteiger partial charge in [0.25, 0.3) is 0 Å². The molecule has 2 aromatic rings. The molecule has 3 N–H and O–H groups in total. The molecule has 1 aromatic heterocycles. The highest BCUT2D eigenvalue weighted by atomic mass is 16.5. The Morgan fingerprint density at radius 2 is 2.31 bits per heavy atom. The van der Waals surface area contributed by atoms with E-state index < -0.39 is 0 Å². The van der Waals surface area contributed by atoms with Gasteiger partial charge in [-0.15, -0.1) is 0 Å². The molecule has 0 amide bonds. The average molecular weight is 221 g/mol. The van der Waals surface area contributed by atoms with Crippen LogP contribution in [0.2, 0.25) is 0 Å². The molecule has 0 bridgehead atoms. The summed E-state index contributed by atoms with van der Waals surface area (Å²) in [5.41, 5.74) is 5.93. The van der Waals surface area contributed by atoms with E-state index >= 15 is 0 Å². The Kier molecular flexibility index (Phi) is 2.74. The van der Waals surface area contributed by atoms with Crippen LogP contribution in [0.5, 0.6) is 11.5 Å². The van der Waals surface area contributed by atoms with E-state index in [9.17, 15) is 5.11 Å². The van der Waals surface area contributed by atoms with Crippen LogP contribution in [0.4, 0.5) is 0 Å². The molecule has 0 atom stereocenters. The highest BCUT2D eigenvalue weighted by Crippen LogP contribution is 2.30. The van der Waals surface area contributed by atoms with Crippen LogP contribution in [-0.4, -0.2) is 22.4 Å². The van der Waals surface area contributed by atoms with Crippen LogP contribution >= 0.6 is 0 Å². The number of aromatic hydroxyl groups is 1. The molecular weight excluding hydrogens is 210 g/mol. The molecule has 1 heterocycles. The summed E-state index contributed by atoms with van der Waals surface area (Å²) in [6.45, 7) is 0.175. The summed E-state index contributed by atoms with van der Waals surface area (Å²) >= 11 is 0. The minimum atomic E-state index is 0.106. The first-order chi connectivity index (χ1) is 7.74. The lowest BCUT2D eigenvalue weighted by molar-refractivity contribution is 0.379. The van der Waals surface area contributed by atoms with Crippen LogP contribution in [0.25, 0.3) is 11.4 Å². The van der Waals surface area contributed by atoms with E-state index in [1.807, 2.05) is 0 Å². The van der Waals surface area contributed by atoms with Gasteiger partial charge in [-0.2, -0.15) is 4.98 Å². The van der Waals surface area contributed by atoms with Crippen molar-refractivity contribution in [1.82, 2.24) is 10.1 Å². The number of benzene rings is 1. The topological polar surface area (TPSA) is 94.4 Å². The summed E-state index contributed by atoms with van der Waals surface area (Å²) in [6, 6.07) is 4.65. The molecule has 0 radical (unpaired) electrons. The summed E-state index contributed by atoms with van der Waals surface area (Å²) in [5, 5.41) is 13.1. The second-order valence-corrected chi connectivity index (χ2v) is 3.10. The van der Waals surface area contributed by atoms with Crippen LogP contribution in [-0.2, 0) is 6.54 Å². The third-order valence-electron chi connectivity index (χ3n) is 2.07. The maximum atomic E-state index is 9.39. The predicted molar refractivity (Wildman–Crippen MR) is 55.8 cm³/mol. The van der Waals surface area contributed by atoms with Crippen LogP contribution in [0.15, 0.2) is 22.7 Å². The number of phenolic OH excluding ortho intramolecular Hbond substituents is 1. The van der Waals surface area contributed by atoms with Gasteiger partial charge in [0.1, 0.15) is 11.5 Å². The van der Waals surface area contributed by atoms with Crippen LogP contribution < -0.4 is 10.5 Å². The molecule has 0 aliphatic rings. The standard InChI is InChI=1S/C10H11N3O3/c1-15-8-3-2-6(14)4-7(8)10-12-9(5-11)16-13-10/h2-4,14H,5,11H2,1H3. The molecule has 0 aliphatic heterocycles. The van der Waals surface area contributed by atoms with Gasteiger partial charge in [0.2, 0.25) is 11.7 Å². The molecule has 0 spiro atoms. The predicted octanol–water partition coefficient (Wildman–Crippen LogP) is 0.909. The first kappa shape index (κ1) is 10.4. The number of methoxy groups -OCH3 is 1. The number of nitrogens with zero attached hydrogens (tertiary/aromatic N) is 2. The maximum Gasteiger partial charge on any atom is 0.240 e. The van der Waals surface area contributed by atoms with Gasteiger partial charge in [-0.05, 0) is 18.2 Å². The highest BCUT2D eigenvalue weighted by Gasteiger charge is 2.13. The van der Waals surface area contributed by atoms with E-state index in [1.165, 1.54) is 19.2 Å². The Morgan fingerprint density at radius 1 is 1.50 bits per heavy atom. The third-order valence-corrected chi connectivity index (χ3v) is 2.07. The van der Waals surface area contributed by atoms with E-state index in [4.69, 9.17) is 15.0 Å². The molecule has 0 saturated heterocycles. The Balaban J connectivity index is 2.49. The first-order valence-electron chi connectivity index (χ1n) is 4.64. The average Bonchev–Trinajstić information content (AvgIpc) is 2.77. The Labute approximate surface area is 91.7 Å². The monoisotopic (exact) mass is 221 g/mol. The Morgan fingerprint density at radius 3 is 2.94 bits per heavy atom. The fourth-order valence-corrected chi connectivity index (χ4v) is 1.32. The fourth-order valence-electron chi connectivity index (χ4n) is 1.32. The van der Waals surface area contributed by atoms with Crippen LogP contribution in [0, 0.1) is 0 Å². The van der Waals surface area contributed by atoms with Crippen molar-refractivity contribution in [3.05, 3.63) is 24.1 Å². The summed E-state index contributed by atoms with van der Waals surface area (Å²) < 4.78 is 10.0. The van der Waals surface area contributed by atoms with E-state index in [0.29, 0.717) is 23.0 Å². The highest BCUT2D eigenvalue weighted by molar-refractivity contribution is 5.65. The molecule has 0 fully saturated rings. The van der Waals surface area contributed by atoms with Crippen molar-refractivity contribution in [2.75, 3.05) is 7.11 Å². The van der Waals surface area contributed by atoms with Crippen molar-refractivity contribution in [3.8, 4) is 22.9 Å². The lowest BCUT2D eigenvalue weighted by atomic mass is 10.2. The van der Waals surface area contributed by atoms with E-state index in [1.54, 1.807) is 6.07 Å². The summed E-state index contributed by atoms with van der Waals surface area (Å²) in [5.74, 6) is 1.34. The zero-order chi connectivity index (χ0) is 11.5. The fraction of sp³-hybridized carbons (Fsp3) is 0.200. The number of hydrogen-bond donors (Lipinski definition) is 2. The quantitative estimate of drug-likeness (QED) is 0.799. The van der Waals surface area contributed by atoms with E-state index in [2.05, 4.69) is 10.1 Å². The maximum absolute atomic E-state index is 9.39. The van der Waals surface area contributed by atoms with Gasteiger partial charge in [-0.25, -0.2) is 0 Å². The molecule has 6 heteroatoms. The smallest absolute Gasteiger partial charge is 0.240 e. The van der Waals surface area contributed by atoms with E-state index in [0.717, 1.165) is 0 Å². The number of aromatic nitrogens is 2. The van der Waals surface area contributed by atoms with Crippen LogP contribution in [0.1, 0.15) is 5.89 Å². The van der Waals surface area contributed by atoms with Crippen molar-refractivity contribution >= 4 is 0 Å². The first-order valence-corrected chi connectivity index (χ1v) is 4.64. The number of ether oxygens (including phenoxy) is 1. The second kappa shape index (κ2) is 4.19. The summed E-state index contributed by atoms with van der Waals surface area (Å²) in [4.78, 5) is 4.05. The number of rotatable bonds is 3. The van der Waals surface area contributed by atoms with Gasteiger partial charge in [-0.1, -0.05) is 5.16 Å². The van der Waals surface area contributed by atoms with Gasteiger partial charge in [0.05, 0.1) is 19.2 Å². The molecule has 84 valence electrons. The molecular formula is C10H11N3O3. The van der Waals surface area contributed by atoms with Crippen molar-refractivity contribution in [1.29, 1.82) is 0 Å². The molecule has 0 unspecified atom stereocenters. The molecule has 1 aromatic carbocycles. The van der Waals surface area contributed by atoms with Gasteiger partial charge in [0.15, 0.2) is 0 Å². The van der Waals surface area contributed by atoms with Gasteiger partial charge < -0.3 is 20.1 Å². The largest absolute Gasteiger partial charge is 0.508 e. The molecule has 16 heavy (non-hydrogen) atoms. The Hall–Kier alpha value is -2.08. The van der Waals surface area contributed by atoms with Gasteiger partial charge in [-0.3, -0.25) is 0 Å².